The molecule has 1 aromatic heterocycles. The zero-order valence-electron chi connectivity index (χ0n) is 19.1. The van der Waals surface area contributed by atoms with Gasteiger partial charge < -0.3 is 15.4 Å². The lowest BCUT2D eigenvalue weighted by Crippen LogP contribution is -2.39. The Balaban J connectivity index is 1.32. The second kappa shape index (κ2) is 8.78. The molecule has 0 saturated heterocycles. The molecular weight excluding hydrogens is 442 g/mol. The molecule has 2 aliphatic heterocycles. The van der Waals surface area contributed by atoms with Gasteiger partial charge in [0.25, 0.3) is 5.91 Å². The van der Waals surface area contributed by atoms with Crippen LogP contribution in [0.5, 0.6) is 5.75 Å². The number of hydrogen-bond acceptors (Lipinski definition) is 5. The van der Waals surface area contributed by atoms with Gasteiger partial charge in [0, 0.05) is 30.1 Å². The highest BCUT2D eigenvalue weighted by Crippen LogP contribution is 2.43. The molecule has 0 fully saturated rings. The number of nitrogens with one attached hydrogen (secondary N) is 2. The molecule has 0 aliphatic carbocycles. The number of hydrogen-bond donors (Lipinski definition) is 2. The smallest absolute Gasteiger partial charge is 0.256 e. The molecule has 6 rings (SSSR count). The van der Waals surface area contributed by atoms with Crippen molar-refractivity contribution in [2.24, 2.45) is 0 Å². The third-order valence-corrected chi connectivity index (χ3v) is 7.83. The summed E-state index contributed by atoms with van der Waals surface area (Å²) in [6.07, 6.45) is 0.555. The molecule has 172 valence electrons. The standard InChI is InChI=1S/C28H27N3O2S/c1-2-33-22-13-12-19-10-6-7-11-20(19)24(22)26-29-27(32)25-21-14-15-31(16-18-8-4-3-5-9-18)17-23(21)34-28(25)30-26/h3-13,26,30H,2,14-17H2,1H3,(H,29,32)/t26-/m1/s1. The van der Waals surface area contributed by atoms with Gasteiger partial charge in [-0.2, -0.15) is 0 Å². The van der Waals surface area contributed by atoms with Gasteiger partial charge in [-0.1, -0.05) is 60.7 Å². The zero-order chi connectivity index (χ0) is 23.1. The molecular formula is C28H27N3O2S. The van der Waals surface area contributed by atoms with Crippen LogP contribution in [0.1, 0.15) is 45.0 Å². The zero-order valence-corrected chi connectivity index (χ0v) is 20.0. The Bertz CT molecular complexity index is 1370. The van der Waals surface area contributed by atoms with Crippen LogP contribution in [0.4, 0.5) is 5.00 Å². The van der Waals surface area contributed by atoms with Gasteiger partial charge in [-0.3, -0.25) is 9.69 Å². The maximum absolute atomic E-state index is 13.4. The van der Waals surface area contributed by atoms with Gasteiger partial charge in [-0.05, 0) is 41.3 Å². The van der Waals surface area contributed by atoms with E-state index >= 15 is 0 Å². The van der Waals surface area contributed by atoms with Crippen molar-refractivity contribution in [3.8, 4) is 5.75 Å². The van der Waals surface area contributed by atoms with Crippen molar-refractivity contribution in [2.75, 3.05) is 18.5 Å². The van der Waals surface area contributed by atoms with Crippen LogP contribution in [0.2, 0.25) is 0 Å². The van der Waals surface area contributed by atoms with Gasteiger partial charge in [-0.25, -0.2) is 0 Å². The number of fused-ring (bicyclic) bond motifs is 4. The van der Waals surface area contributed by atoms with Gasteiger partial charge in [-0.15, -0.1) is 11.3 Å². The van der Waals surface area contributed by atoms with Crippen LogP contribution in [-0.2, 0) is 19.5 Å². The summed E-state index contributed by atoms with van der Waals surface area (Å²) in [4.78, 5) is 17.1. The summed E-state index contributed by atoms with van der Waals surface area (Å²) < 4.78 is 5.98. The van der Waals surface area contributed by atoms with E-state index in [1.165, 1.54) is 16.0 Å². The molecule has 2 N–H and O–H groups in total. The van der Waals surface area contributed by atoms with Crippen LogP contribution < -0.4 is 15.4 Å². The molecule has 6 heteroatoms. The number of ether oxygens (including phenoxy) is 1. The van der Waals surface area contributed by atoms with Gasteiger partial charge in [0.15, 0.2) is 0 Å². The topological polar surface area (TPSA) is 53.6 Å². The molecule has 3 heterocycles. The van der Waals surface area contributed by atoms with Crippen molar-refractivity contribution in [3.05, 3.63) is 93.9 Å². The predicted molar refractivity (Wildman–Crippen MR) is 138 cm³/mol. The van der Waals surface area contributed by atoms with Crippen molar-refractivity contribution in [1.29, 1.82) is 0 Å². The Labute approximate surface area is 203 Å². The molecule has 1 amide bonds. The van der Waals surface area contributed by atoms with Crippen LogP contribution in [-0.4, -0.2) is 24.0 Å². The first kappa shape index (κ1) is 21.2. The van der Waals surface area contributed by atoms with E-state index in [0.717, 1.165) is 58.7 Å². The summed E-state index contributed by atoms with van der Waals surface area (Å²) in [5, 5.41) is 10.1. The lowest BCUT2D eigenvalue weighted by molar-refractivity contribution is 0.0934. The maximum Gasteiger partial charge on any atom is 0.256 e. The van der Waals surface area contributed by atoms with E-state index in [4.69, 9.17) is 4.74 Å². The van der Waals surface area contributed by atoms with Gasteiger partial charge in [0.2, 0.25) is 0 Å². The van der Waals surface area contributed by atoms with Crippen LogP contribution in [0.15, 0.2) is 66.7 Å². The Hall–Kier alpha value is -3.35. The second-order valence-electron chi connectivity index (χ2n) is 8.84. The van der Waals surface area contributed by atoms with E-state index in [2.05, 4.69) is 64.1 Å². The van der Waals surface area contributed by atoms with Crippen molar-refractivity contribution in [1.82, 2.24) is 10.2 Å². The molecule has 3 aromatic carbocycles. The van der Waals surface area contributed by atoms with E-state index in [0.29, 0.717) is 6.61 Å². The minimum atomic E-state index is -0.340. The quantitative estimate of drug-likeness (QED) is 0.393. The number of rotatable bonds is 5. The number of thiophene rings is 1. The van der Waals surface area contributed by atoms with Gasteiger partial charge >= 0.3 is 0 Å². The Morgan fingerprint density at radius 2 is 1.85 bits per heavy atom. The molecule has 0 unspecified atom stereocenters. The summed E-state index contributed by atoms with van der Waals surface area (Å²) in [5.41, 5.74) is 4.34. The minimum absolute atomic E-state index is 0.00291. The fraction of sp³-hybridized carbons (Fsp3) is 0.250. The fourth-order valence-electron chi connectivity index (χ4n) is 5.14. The lowest BCUT2D eigenvalue weighted by Gasteiger charge is -2.30. The van der Waals surface area contributed by atoms with Crippen LogP contribution in [0, 0.1) is 0 Å². The van der Waals surface area contributed by atoms with Gasteiger partial charge in [0.1, 0.15) is 16.9 Å². The third-order valence-electron chi connectivity index (χ3n) is 6.68. The maximum atomic E-state index is 13.4. The first-order valence-corrected chi connectivity index (χ1v) is 12.7. The lowest BCUT2D eigenvalue weighted by atomic mass is 9.97. The molecule has 5 nitrogen and oxygen atoms in total. The first-order valence-electron chi connectivity index (χ1n) is 11.8. The van der Waals surface area contributed by atoms with E-state index in [1.807, 2.05) is 25.1 Å². The average Bonchev–Trinajstić information content (AvgIpc) is 3.23. The molecule has 0 spiro atoms. The minimum Gasteiger partial charge on any atom is -0.493 e. The predicted octanol–water partition coefficient (Wildman–Crippen LogP) is 5.71. The van der Waals surface area contributed by atoms with Crippen molar-refractivity contribution < 1.29 is 9.53 Å². The Kier molecular flexibility index (Phi) is 5.47. The van der Waals surface area contributed by atoms with E-state index < -0.39 is 0 Å². The summed E-state index contributed by atoms with van der Waals surface area (Å²) >= 11 is 1.72. The largest absolute Gasteiger partial charge is 0.493 e. The molecule has 0 saturated carbocycles. The van der Waals surface area contributed by atoms with E-state index in [1.54, 1.807) is 11.3 Å². The summed E-state index contributed by atoms with van der Waals surface area (Å²) in [7, 11) is 0. The summed E-state index contributed by atoms with van der Waals surface area (Å²) in [6, 6.07) is 22.9. The molecule has 0 bridgehead atoms. The highest BCUT2D eigenvalue weighted by molar-refractivity contribution is 7.16. The molecule has 1 atom stereocenters. The van der Waals surface area contributed by atoms with Gasteiger partial charge in [0.05, 0.1) is 12.2 Å². The normalized spacial score (nSPS) is 17.6. The fourth-order valence-corrected chi connectivity index (χ4v) is 6.46. The number of nitrogens with zero attached hydrogens (tertiary/aromatic N) is 1. The SMILES string of the molecule is CCOc1ccc2ccccc2c1[C@@H]1NC(=O)c2c(sc3c2CCN(Cc2ccccc2)C3)N1. The average molecular weight is 470 g/mol. The first-order chi connectivity index (χ1) is 16.7. The van der Waals surface area contributed by atoms with Crippen LogP contribution in [0.3, 0.4) is 0 Å². The number of amides is 1. The Morgan fingerprint density at radius 3 is 2.71 bits per heavy atom. The Morgan fingerprint density at radius 1 is 1.03 bits per heavy atom. The van der Waals surface area contributed by atoms with Crippen LogP contribution in [0.25, 0.3) is 10.8 Å². The number of carbonyl (C=O) groups excluding carboxylic acids is 1. The van der Waals surface area contributed by atoms with Crippen LogP contribution >= 0.6 is 11.3 Å². The summed E-state index contributed by atoms with van der Waals surface area (Å²) in [5.74, 6) is 0.806. The molecule has 2 aliphatic rings. The second-order valence-corrected chi connectivity index (χ2v) is 9.94. The molecule has 0 radical (unpaired) electrons. The number of benzene rings is 3. The van der Waals surface area contributed by atoms with Crippen molar-refractivity contribution >= 4 is 33.0 Å². The van der Waals surface area contributed by atoms with Crippen molar-refractivity contribution in [2.45, 2.75) is 32.6 Å². The monoisotopic (exact) mass is 469 g/mol. The highest BCUT2D eigenvalue weighted by atomic mass is 32.1. The summed E-state index contributed by atoms with van der Waals surface area (Å²) in [6.45, 7) is 5.32. The number of carbonyl (C=O) groups is 1. The highest BCUT2D eigenvalue weighted by Gasteiger charge is 2.34. The van der Waals surface area contributed by atoms with E-state index in [-0.39, 0.29) is 12.1 Å². The number of anilines is 1. The molecule has 34 heavy (non-hydrogen) atoms. The molecule has 4 aromatic rings. The third kappa shape index (κ3) is 3.73. The van der Waals surface area contributed by atoms with Crippen molar-refractivity contribution in [3.63, 3.8) is 0 Å². The van der Waals surface area contributed by atoms with E-state index in [9.17, 15) is 4.79 Å².